The molecule has 0 N–H and O–H groups in total. The Morgan fingerprint density at radius 3 is 2.32 bits per heavy atom. The smallest absolute Gasteiger partial charge is 0.307 e. The fourth-order valence-corrected chi connectivity index (χ4v) is 2.77. The van der Waals surface area contributed by atoms with Crippen molar-refractivity contribution < 1.29 is 14.3 Å². The number of hydrogen-bond donors (Lipinski definition) is 0. The molecule has 0 radical (unpaired) electrons. The first-order valence-electron chi connectivity index (χ1n) is 9.09. The number of aryl methyl sites for hydroxylation is 1. The van der Waals surface area contributed by atoms with Gasteiger partial charge in [0.1, 0.15) is 0 Å². The van der Waals surface area contributed by atoms with Crippen molar-refractivity contribution in [3.05, 3.63) is 84.2 Å². The number of rotatable bonds is 7. The van der Waals surface area contributed by atoms with Gasteiger partial charge >= 0.3 is 5.97 Å². The molecule has 2 aromatic carbocycles. The monoisotopic (exact) mass is 377 g/mol. The zero-order valence-corrected chi connectivity index (χ0v) is 16.0. The molecule has 0 aliphatic carbocycles. The number of aromatic nitrogens is 2. The Morgan fingerprint density at radius 2 is 1.68 bits per heavy atom. The van der Waals surface area contributed by atoms with Crippen molar-refractivity contribution in [2.45, 2.75) is 18.9 Å². The number of amides is 1. The number of carbonyl (C=O) groups excluding carboxylic acids is 2. The van der Waals surface area contributed by atoms with Crippen LogP contribution in [0.5, 0.6) is 0 Å². The van der Waals surface area contributed by atoms with Gasteiger partial charge in [-0.05, 0) is 24.1 Å². The lowest BCUT2D eigenvalue weighted by molar-refractivity contribution is -0.159. The van der Waals surface area contributed by atoms with Gasteiger partial charge in [-0.15, -0.1) is 0 Å². The van der Waals surface area contributed by atoms with Gasteiger partial charge in [0.2, 0.25) is 6.10 Å². The van der Waals surface area contributed by atoms with Crippen molar-refractivity contribution in [1.29, 1.82) is 0 Å². The van der Waals surface area contributed by atoms with E-state index in [0.29, 0.717) is 12.0 Å². The highest BCUT2D eigenvalue weighted by Crippen LogP contribution is 2.20. The van der Waals surface area contributed by atoms with Gasteiger partial charge in [-0.2, -0.15) is 5.10 Å². The second-order valence-electron chi connectivity index (χ2n) is 6.64. The summed E-state index contributed by atoms with van der Waals surface area (Å²) in [6, 6.07) is 18.8. The van der Waals surface area contributed by atoms with Crippen molar-refractivity contribution in [3.63, 3.8) is 0 Å². The van der Waals surface area contributed by atoms with E-state index in [9.17, 15) is 9.59 Å². The van der Waals surface area contributed by atoms with E-state index >= 15 is 0 Å². The molecule has 6 nitrogen and oxygen atoms in total. The summed E-state index contributed by atoms with van der Waals surface area (Å²) >= 11 is 0. The maximum Gasteiger partial charge on any atom is 0.307 e. The van der Waals surface area contributed by atoms with E-state index in [1.54, 1.807) is 37.1 Å². The molecule has 0 aliphatic rings. The largest absolute Gasteiger partial charge is 0.447 e. The van der Waals surface area contributed by atoms with Crippen LogP contribution in [0.25, 0.3) is 5.69 Å². The molecule has 1 amide bonds. The van der Waals surface area contributed by atoms with E-state index in [-0.39, 0.29) is 12.3 Å². The molecule has 0 saturated carbocycles. The van der Waals surface area contributed by atoms with Gasteiger partial charge in [0.05, 0.1) is 11.9 Å². The molecule has 28 heavy (non-hydrogen) atoms. The van der Waals surface area contributed by atoms with Crippen LogP contribution in [0.2, 0.25) is 0 Å². The topological polar surface area (TPSA) is 64.4 Å². The highest BCUT2D eigenvalue weighted by atomic mass is 16.5. The molecule has 0 bridgehead atoms. The Kier molecular flexibility index (Phi) is 6.22. The van der Waals surface area contributed by atoms with Gasteiger partial charge in [0.25, 0.3) is 5.91 Å². The minimum Gasteiger partial charge on any atom is -0.447 e. The number of hydrogen-bond acceptors (Lipinski definition) is 4. The maximum atomic E-state index is 12.4. The van der Waals surface area contributed by atoms with E-state index < -0.39 is 12.1 Å². The molecule has 0 saturated heterocycles. The van der Waals surface area contributed by atoms with E-state index in [1.165, 1.54) is 4.90 Å². The van der Waals surface area contributed by atoms with E-state index in [1.807, 2.05) is 54.7 Å². The first-order chi connectivity index (χ1) is 13.5. The SMILES string of the molecule is CN(C)C(=O)C(OC(=O)CCc1cnn(-c2ccccc2)c1)c1ccccc1. The van der Waals surface area contributed by atoms with Gasteiger partial charge in [-0.25, -0.2) is 4.68 Å². The number of carbonyl (C=O) groups is 2. The third kappa shape index (κ3) is 4.85. The van der Waals surface area contributed by atoms with E-state index in [4.69, 9.17) is 4.74 Å². The highest BCUT2D eigenvalue weighted by Gasteiger charge is 2.26. The molecule has 6 heteroatoms. The third-order valence-electron chi connectivity index (χ3n) is 4.29. The number of benzene rings is 2. The summed E-state index contributed by atoms with van der Waals surface area (Å²) in [6.45, 7) is 0. The molecule has 1 aromatic heterocycles. The molecule has 3 rings (SSSR count). The van der Waals surface area contributed by atoms with Crippen LogP contribution in [0.4, 0.5) is 0 Å². The van der Waals surface area contributed by atoms with Gasteiger partial charge in [0.15, 0.2) is 0 Å². The van der Waals surface area contributed by atoms with Crippen molar-refractivity contribution in [1.82, 2.24) is 14.7 Å². The normalized spacial score (nSPS) is 11.6. The number of ether oxygens (including phenoxy) is 1. The lowest BCUT2D eigenvalue weighted by Crippen LogP contribution is -2.31. The van der Waals surface area contributed by atoms with Crippen molar-refractivity contribution in [3.8, 4) is 5.69 Å². The number of nitrogens with zero attached hydrogens (tertiary/aromatic N) is 3. The molecule has 0 fully saturated rings. The quantitative estimate of drug-likeness (QED) is 0.593. The molecule has 0 aliphatic heterocycles. The number of para-hydroxylation sites is 1. The fraction of sp³-hybridized carbons (Fsp3) is 0.227. The van der Waals surface area contributed by atoms with E-state index in [2.05, 4.69) is 5.10 Å². The second-order valence-corrected chi connectivity index (χ2v) is 6.64. The van der Waals surface area contributed by atoms with Crippen molar-refractivity contribution in [2.24, 2.45) is 0 Å². The summed E-state index contributed by atoms with van der Waals surface area (Å²) in [4.78, 5) is 26.3. The van der Waals surface area contributed by atoms with Crippen LogP contribution in [-0.4, -0.2) is 40.7 Å². The Labute approximate surface area is 164 Å². The van der Waals surface area contributed by atoms with Gasteiger partial charge < -0.3 is 9.64 Å². The van der Waals surface area contributed by atoms with Crippen LogP contribution < -0.4 is 0 Å². The summed E-state index contributed by atoms with van der Waals surface area (Å²) in [6.07, 6.45) is 3.35. The number of likely N-dealkylation sites (N-methyl/N-ethyl adjacent to an activating group) is 1. The van der Waals surface area contributed by atoms with Crippen LogP contribution in [-0.2, 0) is 20.7 Å². The van der Waals surface area contributed by atoms with Gasteiger partial charge in [-0.1, -0.05) is 48.5 Å². The first-order valence-corrected chi connectivity index (χ1v) is 9.09. The predicted molar refractivity (Wildman–Crippen MR) is 106 cm³/mol. The van der Waals surface area contributed by atoms with Crippen LogP contribution in [0.15, 0.2) is 73.1 Å². The summed E-state index contributed by atoms with van der Waals surface area (Å²) in [5.74, 6) is -0.687. The Hall–Kier alpha value is -3.41. The van der Waals surface area contributed by atoms with Gasteiger partial charge in [-0.3, -0.25) is 9.59 Å². The van der Waals surface area contributed by atoms with Crippen molar-refractivity contribution >= 4 is 11.9 Å². The lowest BCUT2D eigenvalue weighted by Gasteiger charge is -2.21. The summed E-state index contributed by atoms with van der Waals surface area (Å²) in [5.41, 5.74) is 2.54. The molecule has 3 aromatic rings. The maximum absolute atomic E-state index is 12.4. The first kappa shape index (κ1) is 19.4. The minimum absolute atomic E-state index is 0.171. The molecule has 1 heterocycles. The molecular formula is C22H23N3O3. The third-order valence-corrected chi connectivity index (χ3v) is 4.29. The second kappa shape index (κ2) is 8.99. The standard InChI is InChI=1S/C22H23N3O3/c1-24(2)22(27)21(18-9-5-3-6-10-18)28-20(26)14-13-17-15-23-25(16-17)19-11-7-4-8-12-19/h3-12,15-16,21H,13-14H2,1-2H3. The molecule has 144 valence electrons. The molecule has 1 unspecified atom stereocenters. The molecular weight excluding hydrogens is 354 g/mol. The predicted octanol–water partition coefficient (Wildman–Crippen LogP) is 3.18. The average Bonchev–Trinajstić information content (AvgIpc) is 3.20. The summed E-state index contributed by atoms with van der Waals surface area (Å²) in [7, 11) is 3.29. The minimum atomic E-state index is -0.934. The van der Waals surface area contributed by atoms with Gasteiger partial charge in [0, 0.05) is 32.3 Å². The van der Waals surface area contributed by atoms with Crippen LogP contribution in [0, 0.1) is 0 Å². The van der Waals surface area contributed by atoms with Crippen LogP contribution in [0.1, 0.15) is 23.7 Å². The summed E-state index contributed by atoms with van der Waals surface area (Å²) < 4.78 is 7.28. The Morgan fingerprint density at radius 1 is 1.04 bits per heavy atom. The zero-order chi connectivity index (χ0) is 19.9. The molecule has 1 atom stereocenters. The fourth-order valence-electron chi connectivity index (χ4n) is 2.77. The zero-order valence-electron chi connectivity index (χ0n) is 16.0. The van der Waals surface area contributed by atoms with Crippen LogP contribution >= 0.6 is 0 Å². The molecule has 0 spiro atoms. The Balaban J connectivity index is 1.62. The van der Waals surface area contributed by atoms with E-state index in [0.717, 1.165) is 11.3 Å². The lowest BCUT2D eigenvalue weighted by atomic mass is 10.1. The van der Waals surface area contributed by atoms with Crippen LogP contribution in [0.3, 0.4) is 0 Å². The average molecular weight is 377 g/mol. The van der Waals surface area contributed by atoms with Crippen molar-refractivity contribution in [2.75, 3.05) is 14.1 Å². The number of esters is 1. The highest BCUT2D eigenvalue weighted by molar-refractivity contribution is 5.84. The summed E-state index contributed by atoms with van der Waals surface area (Å²) in [5, 5.41) is 4.33. The Bertz CT molecular complexity index is 920.